The molecule has 10 heteroatoms. The average molecular weight is 432 g/mol. The number of H-pyrrole nitrogens is 1. The minimum atomic E-state index is -1.50. The van der Waals surface area contributed by atoms with Gasteiger partial charge >= 0.3 is 0 Å². The van der Waals surface area contributed by atoms with Crippen LogP contribution in [0.15, 0.2) is 45.7 Å². The van der Waals surface area contributed by atoms with Crippen molar-refractivity contribution in [3.8, 4) is 5.75 Å². The van der Waals surface area contributed by atoms with Gasteiger partial charge in [0.2, 0.25) is 16.7 Å². The van der Waals surface area contributed by atoms with E-state index in [9.17, 15) is 13.8 Å². The fourth-order valence-electron chi connectivity index (χ4n) is 3.40. The zero-order chi connectivity index (χ0) is 21.5. The second-order valence-corrected chi connectivity index (χ2v) is 8.08. The maximum absolute atomic E-state index is 11.5. The molecule has 9 nitrogen and oxygen atoms in total. The summed E-state index contributed by atoms with van der Waals surface area (Å²) < 4.78 is 24.1. The smallest absolute Gasteiger partial charge is 0.248 e. The molecule has 2 aliphatic rings. The molecule has 0 saturated carbocycles. The highest BCUT2D eigenvalue weighted by Gasteiger charge is 2.22. The van der Waals surface area contributed by atoms with Gasteiger partial charge in [-0.2, -0.15) is 4.40 Å². The van der Waals surface area contributed by atoms with Crippen LogP contribution in [-0.2, 0) is 11.2 Å². The number of nitrogens with one attached hydrogen (secondary N) is 2. The number of aromatic nitrogens is 1. The number of rotatable bonds is 4. The first kappa shape index (κ1) is 21.7. The van der Waals surface area contributed by atoms with E-state index in [4.69, 9.17) is 10.5 Å². The number of carbonyl (C=O) groups excluding carboxylic acids is 1. The molecule has 2 aliphatic heterocycles. The number of anilines is 1. The maximum atomic E-state index is 11.5. The Kier molecular flexibility index (Phi) is 7.36. The lowest BCUT2D eigenvalue weighted by Crippen LogP contribution is -2.35. The summed E-state index contributed by atoms with van der Waals surface area (Å²) in [6.45, 7) is 2.88. The van der Waals surface area contributed by atoms with Crippen molar-refractivity contribution >= 4 is 29.0 Å². The van der Waals surface area contributed by atoms with Gasteiger partial charge < -0.3 is 20.4 Å². The van der Waals surface area contributed by atoms with Gasteiger partial charge in [-0.15, -0.1) is 0 Å². The van der Waals surface area contributed by atoms with E-state index in [-0.39, 0.29) is 11.4 Å². The first-order valence-electron chi connectivity index (χ1n) is 9.57. The molecule has 160 valence electrons. The van der Waals surface area contributed by atoms with Crippen molar-refractivity contribution in [2.45, 2.75) is 12.8 Å². The van der Waals surface area contributed by atoms with Crippen LogP contribution in [-0.4, -0.2) is 53.0 Å². The van der Waals surface area contributed by atoms with Gasteiger partial charge in [0.15, 0.2) is 0 Å². The van der Waals surface area contributed by atoms with Gasteiger partial charge in [0.1, 0.15) is 17.9 Å². The Morgan fingerprint density at radius 3 is 2.93 bits per heavy atom. The Balaban J connectivity index is 0.000000239. The van der Waals surface area contributed by atoms with Gasteiger partial charge in [-0.1, -0.05) is 6.07 Å². The number of nitrogens with two attached hydrogens (primary N) is 1. The zero-order valence-electron chi connectivity index (χ0n) is 16.7. The van der Waals surface area contributed by atoms with Gasteiger partial charge in [0.25, 0.3) is 0 Å². The summed E-state index contributed by atoms with van der Waals surface area (Å²) >= 11 is -1.50. The number of hydrogen-bond acceptors (Lipinski definition) is 6. The monoisotopic (exact) mass is 431 g/mol. The number of hydrogen-bond donors (Lipinski definition) is 3. The second kappa shape index (κ2) is 10.2. The molecule has 2 unspecified atom stereocenters. The number of ether oxygens (including phenoxy) is 1. The van der Waals surface area contributed by atoms with Crippen LogP contribution in [0.4, 0.5) is 5.69 Å². The van der Waals surface area contributed by atoms with Gasteiger partial charge in [0.05, 0.1) is 17.9 Å². The fraction of sp³-hybridized carbons (Fsp3) is 0.350. The topological polar surface area (TPSA) is 130 Å². The number of aldehydes is 1. The molecule has 4 rings (SSSR count). The summed E-state index contributed by atoms with van der Waals surface area (Å²) in [5, 5.41) is 0. The molecule has 1 fully saturated rings. The van der Waals surface area contributed by atoms with Crippen LogP contribution >= 0.6 is 0 Å². The molecule has 0 aliphatic carbocycles. The van der Waals surface area contributed by atoms with Crippen LogP contribution in [0, 0.1) is 5.92 Å². The van der Waals surface area contributed by atoms with Gasteiger partial charge in [-0.25, -0.2) is 4.21 Å². The van der Waals surface area contributed by atoms with E-state index >= 15 is 0 Å². The zero-order valence-corrected chi connectivity index (χ0v) is 17.5. The molecule has 1 aromatic heterocycles. The third kappa shape index (κ3) is 5.77. The Morgan fingerprint density at radius 2 is 2.23 bits per heavy atom. The van der Waals surface area contributed by atoms with Crippen molar-refractivity contribution in [1.29, 1.82) is 0 Å². The Hall–Kier alpha value is -2.98. The lowest BCUT2D eigenvalue weighted by Gasteiger charge is -2.29. The molecule has 0 spiro atoms. The average Bonchev–Trinajstić information content (AvgIpc) is 2.72. The minimum Gasteiger partial charge on any atom is -0.492 e. The largest absolute Gasteiger partial charge is 0.492 e. The number of pyridine rings is 1. The van der Waals surface area contributed by atoms with Crippen LogP contribution in [0.2, 0.25) is 0 Å². The fourth-order valence-corrected chi connectivity index (χ4v) is 4.08. The first-order chi connectivity index (χ1) is 14.5. The van der Waals surface area contributed by atoms with Gasteiger partial charge in [-0.05, 0) is 44.6 Å². The number of piperidine rings is 1. The van der Waals surface area contributed by atoms with Crippen LogP contribution in [0.3, 0.4) is 0 Å². The molecule has 0 radical (unpaired) electrons. The number of fused-ring (bicyclic) bond motifs is 1. The highest BCUT2D eigenvalue weighted by Crippen LogP contribution is 2.30. The predicted molar refractivity (Wildman–Crippen MR) is 117 cm³/mol. The van der Waals surface area contributed by atoms with Crippen LogP contribution in [0.5, 0.6) is 5.75 Å². The SMILES string of the molecule is CN1CCCC(COc2cccc3c2C(N)=NS(=O)N3)C1.O=Cc1cc[nH]c(=O)c1. The number of benzene rings is 1. The molecular formula is C20H25N5O4S. The van der Waals surface area contributed by atoms with E-state index in [0.29, 0.717) is 41.4 Å². The van der Waals surface area contributed by atoms with E-state index < -0.39 is 11.2 Å². The molecule has 1 saturated heterocycles. The lowest BCUT2D eigenvalue weighted by molar-refractivity contribution is 0.112. The Labute approximate surface area is 177 Å². The highest BCUT2D eigenvalue weighted by atomic mass is 32.2. The number of carbonyl (C=O) groups is 1. The number of aromatic amines is 1. The molecular weight excluding hydrogens is 406 g/mol. The van der Waals surface area contributed by atoms with Crippen molar-refractivity contribution in [3.63, 3.8) is 0 Å². The molecule has 2 aromatic rings. The van der Waals surface area contributed by atoms with Crippen LogP contribution in [0.1, 0.15) is 28.8 Å². The molecule has 1 aromatic carbocycles. The van der Waals surface area contributed by atoms with E-state index in [1.54, 1.807) is 0 Å². The Bertz CT molecular complexity index is 1010. The summed E-state index contributed by atoms with van der Waals surface area (Å²) in [6, 6.07) is 8.35. The number of nitrogens with zero attached hydrogens (tertiary/aromatic N) is 2. The summed E-state index contributed by atoms with van der Waals surface area (Å²) in [4.78, 5) is 25.2. The molecule has 0 amide bonds. The molecule has 2 atom stereocenters. The van der Waals surface area contributed by atoms with E-state index in [1.165, 1.54) is 31.2 Å². The summed E-state index contributed by atoms with van der Waals surface area (Å²) in [6.07, 6.45) is 4.47. The van der Waals surface area contributed by atoms with Crippen molar-refractivity contribution in [3.05, 3.63) is 58.0 Å². The quantitative estimate of drug-likeness (QED) is 0.626. The summed E-state index contributed by atoms with van der Waals surface area (Å²) in [7, 11) is 2.14. The van der Waals surface area contributed by atoms with Crippen molar-refractivity contribution in [1.82, 2.24) is 9.88 Å². The first-order valence-corrected chi connectivity index (χ1v) is 10.7. The molecule has 0 bridgehead atoms. The minimum absolute atomic E-state index is 0.250. The third-order valence-corrected chi connectivity index (χ3v) is 5.55. The predicted octanol–water partition coefficient (Wildman–Crippen LogP) is 1.30. The van der Waals surface area contributed by atoms with Crippen molar-refractivity contribution < 1.29 is 13.7 Å². The van der Waals surface area contributed by atoms with Gasteiger partial charge in [-0.3, -0.25) is 14.3 Å². The van der Waals surface area contributed by atoms with E-state index in [1.807, 2.05) is 18.2 Å². The van der Waals surface area contributed by atoms with Gasteiger partial charge in [0, 0.05) is 30.3 Å². The molecule has 30 heavy (non-hydrogen) atoms. The van der Waals surface area contributed by atoms with E-state index in [0.717, 1.165) is 13.1 Å². The molecule has 3 heterocycles. The normalized spacial score (nSPS) is 20.6. The third-order valence-electron chi connectivity index (χ3n) is 4.79. The number of amidine groups is 1. The standard InChI is InChI=1S/C14H20N4O2S.C6H5NO2/c1-18-7-3-4-10(8-18)9-20-12-6-2-5-11-13(12)14(15)17-21(19)16-11;8-4-5-1-2-7-6(9)3-5/h2,5-6,10,16H,3-4,7-9H2,1H3,(H2,15,17);1-4H,(H,7,9). The lowest BCUT2D eigenvalue weighted by atomic mass is 9.99. The second-order valence-electron chi connectivity index (χ2n) is 7.19. The summed E-state index contributed by atoms with van der Waals surface area (Å²) in [5.41, 5.74) is 7.47. The van der Waals surface area contributed by atoms with Crippen molar-refractivity contribution in [2.75, 3.05) is 31.5 Å². The molecule has 4 N–H and O–H groups in total. The Morgan fingerprint density at radius 1 is 1.40 bits per heavy atom. The van der Waals surface area contributed by atoms with E-state index in [2.05, 4.69) is 26.1 Å². The number of likely N-dealkylation sites (tertiary alicyclic amines) is 1. The van der Waals surface area contributed by atoms with Crippen LogP contribution < -0.4 is 20.8 Å². The van der Waals surface area contributed by atoms with Crippen LogP contribution in [0.25, 0.3) is 0 Å². The maximum Gasteiger partial charge on any atom is 0.248 e. The summed E-state index contributed by atoms with van der Waals surface area (Å²) in [5.74, 6) is 1.49. The highest BCUT2D eigenvalue weighted by molar-refractivity contribution is 7.85. The van der Waals surface area contributed by atoms with Crippen molar-refractivity contribution in [2.24, 2.45) is 16.0 Å².